The van der Waals surface area contributed by atoms with Gasteiger partial charge in [-0.2, -0.15) is 0 Å². The van der Waals surface area contributed by atoms with Crippen LogP contribution in [0.2, 0.25) is 0 Å². The molecule has 8 heteroatoms. The summed E-state index contributed by atoms with van der Waals surface area (Å²) in [7, 11) is 3.17. The number of nitrogens with one attached hydrogen (secondary N) is 2. The number of carbonyl (C=O) groups excluding carboxylic acids is 2. The average molecular weight is 471 g/mol. The summed E-state index contributed by atoms with van der Waals surface area (Å²) in [5, 5.41) is 3.76. The van der Waals surface area contributed by atoms with Crippen molar-refractivity contribution in [2.24, 2.45) is 5.73 Å². The molecule has 0 spiro atoms. The molecule has 3 aromatic rings. The van der Waals surface area contributed by atoms with Gasteiger partial charge in [0.05, 0.1) is 30.9 Å². The molecule has 178 valence electrons. The molecule has 0 saturated carbocycles. The number of rotatable bonds is 5. The number of primary amides is 1. The standard InChI is InChI=1S/C27H26N4O4/c1-4-5-24(32)30-19-10-11-31(16-19)23-9-8-22(27(28)33)26-25(23)18(15-29-26)7-6-17-12-20(34-2)14-21(13-17)35-3/h8-9,12-15,19,29H,10-11,16H2,1-3H3,(H2,28,33)(H,30,32)/t19-/m0/s1. The molecule has 2 amide bonds. The van der Waals surface area contributed by atoms with Gasteiger partial charge in [0.2, 0.25) is 0 Å². The predicted molar refractivity (Wildman–Crippen MR) is 135 cm³/mol. The quantitative estimate of drug-likeness (QED) is 0.496. The molecule has 0 aliphatic carbocycles. The van der Waals surface area contributed by atoms with Crippen molar-refractivity contribution in [3.8, 4) is 35.2 Å². The van der Waals surface area contributed by atoms with Crippen molar-refractivity contribution >= 4 is 28.4 Å². The van der Waals surface area contributed by atoms with Crippen LogP contribution in [-0.2, 0) is 4.79 Å². The molecule has 1 atom stereocenters. The van der Waals surface area contributed by atoms with E-state index in [4.69, 9.17) is 15.2 Å². The molecule has 1 saturated heterocycles. The number of hydrogen-bond acceptors (Lipinski definition) is 5. The lowest BCUT2D eigenvalue weighted by atomic mass is 10.0. The van der Waals surface area contributed by atoms with E-state index in [9.17, 15) is 9.59 Å². The van der Waals surface area contributed by atoms with Gasteiger partial charge in [0, 0.05) is 48.0 Å². The predicted octanol–water partition coefficient (Wildman–Crippen LogP) is 2.40. The Labute approximate surface area is 203 Å². The summed E-state index contributed by atoms with van der Waals surface area (Å²) in [5.74, 6) is 12.0. The second kappa shape index (κ2) is 10.1. The van der Waals surface area contributed by atoms with Crippen LogP contribution in [0, 0.1) is 23.7 Å². The zero-order valence-corrected chi connectivity index (χ0v) is 19.8. The minimum absolute atomic E-state index is 0.0214. The van der Waals surface area contributed by atoms with Crippen LogP contribution >= 0.6 is 0 Å². The number of fused-ring (bicyclic) bond motifs is 1. The Morgan fingerprint density at radius 2 is 1.89 bits per heavy atom. The van der Waals surface area contributed by atoms with E-state index in [-0.39, 0.29) is 11.9 Å². The maximum atomic E-state index is 12.1. The number of methoxy groups -OCH3 is 2. The number of aromatic amines is 1. The molecular weight excluding hydrogens is 444 g/mol. The Morgan fingerprint density at radius 3 is 2.54 bits per heavy atom. The zero-order chi connectivity index (χ0) is 24.9. The van der Waals surface area contributed by atoms with E-state index >= 15 is 0 Å². The van der Waals surface area contributed by atoms with Crippen LogP contribution in [0.4, 0.5) is 5.69 Å². The van der Waals surface area contributed by atoms with Gasteiger partial charge in [0.15, 0.2) is 0 Å². The van der Waals surface area contributed by atoms with Crippen LogP contribution in [-0.4, -0.2) is 50.1 Å². The molecule has 1 aromatic heterocycles. The first kappa shape index (κ1) is 23.6. The average Bonchev–Trinajstić information content (AvgIpc) is 3.49. The van der Waals surface area contributed by atoms with Crippen molar-refractivity contribution in [1.29, 1.82) is 0 Å². The third kappa shape index (κ3) is 5.02. The van der Waals surface area contributed by atoms with Crippen LogP contribution in [0.5, 0.6) is 11.5 Å². The lowest BCUT2D eigenvalue weighted by molar-refractivity contribution is -0.116. The molecule has 2 aromatic carbocycles. The number of anilines is 1. The van der Waals surface area contributed by atoms with Crippen molar-refractivity contribution in [3.05, 3.63) is 53.2 Å². The van der Waals surface area contributed by atoms with Gasteiger partial charge in [0.1, 0.15) is 11.5 Å². The molecule has 0 bridgehead atoms. The van der Waals surface area contributed by atoms with Crippen molar-refractivity contribution in [2.75, 3.05) is 32.2 Å². The highest BCUT2D eigenvalue weighted by Crippen LogP contribution is 2.34. The number of ether oxygens (including phenoxy) is 2. The molecule has 2 heterocycles. The summed E-state index contributed by atoms with van der Waals surface area (Å²) in [6, 6.07) is 9.01. The first-order valence-corrected chi connectivity index (χ1v) is 11.1. The summed E-state index contributed by atoms with van der Waals surface area (Å²) in [6.07, 6.45) is 2.56. The maximum Gasteiger partial charge on any atom is 0.296 e. The molecule has 8 nitrogen and oxygen atoms in total. The summed E-state index contributed by atoms with van der Waals surface area (Å²) >= 11 is 0. The Morgan fingerprint density at radius 1 is 1.14 bits per heavy atom. The van der Waals surface area contributed by atoms with E-state index in [1.54, 1.807) is 39.5 Å². The molecule has 4 rings (SSSR count). The number of hydrogen-bond donors (Lipinski definition) is 3. The molecule has 1 aliphatic rings. The molecule has 1 fully saturated rings. The van der Waals surface area contributed by atoms with Crippen molar-refractivity contribution in [3.63, 3.8) is 0 Å². The first-order chi connectivity index (χ1) is 16.9. The van der Waals surface area contributed by atoms with Crippen LogP contribution in [0.25, 0.3) is 10.9 Å². The second-order valence-electron chi connectivity index (χ2n) is 8.08. The van der Waals surface area contributed by atoms with E-state index in [0.29, 0.717) is 29.1 Å². The highest BCUT2D eigenvalue weighted by molar-refractivity contribution is 6.10. The Kier molecular flexibility index (Phi) is 6.84. The zero-order valence-electron chi connectivity index (χ0n) is 19.8. The molecule has 4 N–H and O–H groups in total. The van der Waals surface area contributed by atoms with Crippen molar-refractivity contribution < 1.29 is 19.1 Å². The van der Waals surface area contributed by atoms with Crippen LogP contribution in [0.1, 0.15) is 34.8 Å². The van der Waals surface area contributed by atoms with Crippen molar-refractivity contribution in [2.45, 2.75) is 19.4 Å². The number of benzene rings is 2. The van der Waals surface area contributed by atoms with Gasteiger partial charge in [-0.05, 0) is 43.5 Å². The summed E-state index contributed by atoms with van der Waals surface area (Å²) in [6.45, 7) is 2.99. The molecule has 0 radical (unpaired) electrons. The number of nitrogens with two attached hydrogens (primary N) is 1. The lowest BCUT2D eigenvalue weighted by Gasteiger charge is -2.21. The van der Waals surface area contributed by atoms with Gasteiger partial charge in [-0.3, -0.25) is 9.59 Å². The first-order valence-electron chi connectivity index (χ1n) is 11.1. The molecule has 0 unspecified atom stereocenters. The number of carbonyl (C=O) groups is 2. The number of amides is 2. The topological polar surface area (TPSA) is 110 Å². The van der Waals surface area contributed by atoms with E-state index in [2.05, 4.69) is 38.9 Å². The number of nitrogens with zero attached hydrogens (tertiary/aromatic N) is 1. The summed E-state index contributed by atoms with van der Waals surface area (Å²) in [5.41, 5.74) is 9.02. The third-order valence-corrected chi connectivity index (χ3v) is 5.87. The Bertz CT molecular complexity index is 1400. The van der Waals surface area contributed by atoms with Crippen LogP contribution in [0.3, 0.4) is 0 Å². The monoisotopic (exact) mass is 470 g/mol. The van der Waals surface area contributed by atoms with Crippen LogP contribution < -0.4 is 25.4 Å². The van der Waals surface area contributed by atoms with E-state index in [0.717, 1.165) is 35.2 Å². The number of aromatic nitrogens is 1. The van der Waals surface area contributed by atoms with Gasteiger partial charge in [-0.1, -0.05) is 17.8 Å². The van der Waals surface area contributed by atoms with Crippen LogP contribution in [0.15, 0.2) is 36.5 Å². The van der Waals surface area contributed by atoms with Gasteiger partial charge >= 0.3 is 0 Å². The van der Waals surface area contributed by atoms with Crippen molar-refractivity contribution in [1.82, 2.24) is 10.3 Å². The lowest BCUT2D eigenvalue weighted by Crippen LogP contribution is -2.36. The maximum absolute atomic E-state index is 12.1. The summed E-state index contributed by atoms with van der Waals surface area (Å²) in [4.78, 5) is 29.3. The SMILES string of the molecule is CC#CC(=O)N[C@H]1CCN(c2ccc(C(N)=O)c3[nH]cc(C#Cc4cc(OC)cc(OC)c4)c23)C1. The fraction of sp³-hybridized carbons (Fsp3) is 0.259. The fourth-order valence-electron chi connectivity index (χ4n) is 4.25. The van der Waals surface area contributed by atoms with E-state index in [1.807, 2.05) is 18.2 Å². The molecule has 1 aliphatic heterocycles. The van der Waals surface area contributed by atoms with Gasteiger partial charge in [-0.25, -0.2) is 0 Å². The summed E-state index contributed by atoms with van der Waals surface area (Å²) < 4.78 is 10.7. The normalized spacial score (nSPS) is 14.5. The van der Waals surface area contributed by atoms with Gasteiger partial charge in [-0.15, -0.1) is 0 Å². The number of H-pyrrole nitrogens is 1. The molecular formula is C27H26N4O4. The minimum Gasteiger partial charge on any atom is -0.497 e. The van der Waals surface area contributed by atoms with Gasteiger partial charge < -0.3 is 30.4 Å². The smallest absolute Gasteiger partial charge is 0.296 e. The van der Waals surface area contributed by atoms with E-state index in [1.165, 1.54) is 0 Å². The van der Waals surface area contributed by atoms with E-state index < -0.39 is 5.91 Å². The Hall–Kier alpha value is -4.56. The fourth-order valence-corrected chi connectivity index (χ4v) is 4.25. The highest BCUT2D eigenvalue weighted by Gasteiger charge is 2.26. The van der Waals surface area contributed by atoms with Gasteiger partial charge in [0.25, 0.3) is 11.8 Å². The highest BCUT2D eigenvalue weighted by atomic mass is 16.5. The molecule has 35 heavy (non-hydrogen) atoms. The third-order valence-electron chi connectivity index (χ3n) is 5.87. The minimum atomic E-state index is -0.523. The second-order valence-corrected chi connectivity index (χ2v) is 8.08. The Balaban J connectivity index is 1.74. The largest absolute Gasteiger partial charge is 0.497 e.